The van der Waals surface area contributed by atoms with Gasteiger partial charge in [-0.1, -0.05) is 12.2 Å². The molecular formula is C14H16N2O2S. The van der Waals surface area contributed by atoms with Gasteiger partial charge in [0.2, 0.25) is 0 Å². The van der Waals surface area contributed by atoms with Crippen LogP contribution < -0.4 is 15.8 Å². The van der Waals surface area contributed by atoms with Crippen molar-refractivity contribution >= 4 is 22.9 Å². The maximum absolute atomic E-state index is 5.73. The highest BCUT2D eigenvalue weighted by molar-refractivity contribution is 7.80. The highest BCUT2D eigenvalue weighted by Gasteiger charge is 2.12. The molecule has 0 radical (unpaired) electrons. The molecular weight excluding hydrogens is 260 g/mol. The Morgan fingerprint density at radius 3 is 2.79 bits per heavy atom. The monoisotopic (exact) mass is 276 g/mol. The van der Waals surface area contributed by atoms with Crippen LogP contribution in [-0.2, 0) is 0 Å². The molecule has 100 valence electrons. The number of hydrogen-bond acceptors (Lipinski definition) is 4. The Morgan fingerprint density at radius 1 is 1.42 bits per heavy atom. The maximum atomic E-state index is 5.73. The molecule has 5 heteroatoms. The summed E-state index contributed by atoms with van der Waals surface area (Å²) in [5.74, 6) is 1.59. The van der Waals surface area contributed by atoms with Crippen LogP contribution in [0.5, 0.6) is 5.75 Å². The molecule has 2 aromatic rings. The summed E-state index contributed by atoms with van der Waals surface area (Å²) in [7, 11) is 1.62. The van der Waals surface area contributed by atoms with Crippen molar-refractivity contribution in [2.75, 3.05) is 12.4 Å². The minimum atomic E-state index is 0.00945. The lowest BCUT2D eigenvalue weighted by atomic mass is 10.1. The number of anilines is 1. The zero-order valence-electron chi connectivity index (χ0n) is 10.8. The third-order valence-electron chi connectivity index (χ3n) is 2.83. The van der Waals surface area contributed by atoms with E-state index < -0.39 is 0 Å². The number of thiocarbonyl (C=S) groups is 1. The first-order chi connectivity index (χ1) is 9.11. The Morgan fingerprint density at radius 2 is 2.21 bits per heavy atom. The van der Waals surface area contributed by atoms with Gasteiger partial charge < -0.3 is 20.2 Å². The second kappa shape index (κ2) is 5.75. The highest BCUT2D eigenvalue weighted by Crippen LogP contribution is 2.26. The van der Waals surface area contributed by atoms with Crippen molar-refractivity contribution in [3.05, 3.63) is 47.9 Å². The van der Waals surface area contributed by atoms with Crippen LogP contribution in [0.3, 0.4) is 0 Å². The van der Waals surface area contributed by atoms with Gasteiger partial charge >= 0.3 is 0 Å². The number of nitrogens with two attached hydrogens (primary N) is 1. The predicted octanol–water partition coefficient (Wildman–Crippen LogP) is 3.10. The molecule has 0 saturated carbocycles. The van der Waals surface area contributed by atoms with Crippen LogP contribution in [0.4, 0.5) is 5.69 Å². The van der Waals surface area contributed by atoms with Gasteiger partial charge in [0.15, 0.2) is 0 Å². The summed E-state index contributed by atoms with van der Waals surface area (Å²) in [6.45, 7) is 2.00. The molecule has 19 heavy (non-hydrogen) atoms. The molecule has 0 saturated heterocycles. The van der Waals surface area contributed by atoms with Gasteiger partial charge in [-0.05, 0) is 31.2 Å². The third kappa shape index (κ3) is 3.06. The molecule has 0 amide bonds. The van der Waals surface area contributed by atoms with Gasteiger partial charge in [0.1, 0.15) is 16.5 Å². The van der Waals surface area contributed by atoms with E-state index >= 15 is 0 Å². The van der Waals surface area contributed by atoms with Crippen molar-refractivity contribution in [1.29, 1.82) is 0 Å². The van der Waals surface area contributed by atoms with E-state index in [4.69, 9.17) is 27.1 Å². The Kier molecular flexibility index (Phi) is 4.06. The largest absolute Gasteiger partial charge is 0.497 e. The van der Waals surface area contributed by atoms with Gasteiger partial charge in [-0.25, -0.2) is 0 Å². The van der Waals surface area contributed by atoms with Crippen molar-refractivity contribution in [3.8, 4) is 5.75 Å². The molecule has 0 aliphatic carbocycles. The summed E-state index contributed by atoms with van der Waals surface area (Å²) >= 11 is 5.06. The molecule has 0 fully saturated rings. The molecule has 0 aliphatic heterocycles. The van der Waals surface area contributed by atoms with Gasteiger partial charge in [0.05, 0.1) is 19.4 Å². The second-order valence-corrected chi connectivity index (χ2v) is 4.60. The minimum Gasteiger partial charge on any atom is -0.497 e. The molecule has 1 unspecified atom stereocenters. The van der Waals surface area contributed by atoms with Gasteiger partial charge in [0.25, 0.3) is 0 Å². The quantitative estimate of drug-likeness (QED) is 0.822. The number of furan rings is 1. The SMILES string of the molecule is COc1ccc(C(N)=S)c(NC(C)c2ccco2)c1. The van der Waals surface area contributed by atoms with Crippen LogP contribution in [0.15, 0.2) is 41.0 Å². The van der Waals surface area contributed by atoms with Gasteiger partial charge in [-0.3, -0.25) is 0 Å². The average Bonchev–Trinajstić information content (AvgIpc) is 2.92. The lowest BCUT2D eigenvalue weighted by molar-refractivity contribution is 0.415. The van der Waals surface area contributed by atoms with Gasteiger partial charge in [0, 0.05) is 17.3 Å². The number of nitrogens with one attached hydrogen (secondary N) is 1. The first-order valence-electron chi connectivity index (χ1n) is 5.89. The first kappa shape index (κ1) is 13.4. The van der Waals surface area contributed by atoms with Crippen molar-refractivity contribution in [1.82, 2.24) is 0 Å². The van der Waals surface area contributed by atoms with E-state index in [1.54, 1.807) is 13.4 Å². The van der Waals surface area contributed by atoms with Crippen LogP contribution >= 0.6 is 12.2 Å². The van der Waals surface area contributed by atoms with Crippen LogP contribution in [0.2, 0.25) is 0 Å². The lowest BCUT2D eigenvalue weighted by Crippen LogP contribution is -2.15. The normalized spacial score (nSPS) is 11.9. The smallest absolute Gasteiger partial charge is 0.125 e. The van der Waals surface area contributed by atoms with Crippen LogP contribution in [0.1, 0.15) is 24.3 Å². The number of rotatable bonds is 5. The lowest BCUT2D eigenvalue weighted by Gasteiger charge is -2.17. The molecule has 2 rings (SSSR count). The summed E-state index contributed by atoms with van der Waals surface area (Å²) in [4.78, 5) is 0.344. The Labute approximate surface area is 117 Å². The maximum Gasteiger partial charge on any atom is 0.125 e. The fraction of sp³-hybridized carbons (Fsp3) is 0.214. The standard InChI is InChI=1S/C14H16N2O2S/c1-9(13-4-3-7-18-13)16-12-8-10(17-2)5-6-11(12)14(15)19/h3-9,16H,1-2H3,(H2,15,19). The van der Waals surface area contributed by atoms with Crippen molar-refractivity contribution in [2.45, 2.75) is 13.0 Å². The summed E-state index contributed by atoms with van der Waals surface area (Å²) in [6, 6.07) is 9.32. The van der Waals surface area contributed by atoms with Crippen molar-refractivity contribution in [3.63, 3.8) is 0 Å². The molecule has 1 heterocycles. The number of hydrogen-bond donors (Lipinski definition) is 2. The van der Waals surface area contributed by atoms with Crippen molar-refractivity contribution < 1.29 is 9.15 Å². The molecule has 0 aliphatic rings. The van der Waals surface area contributed by atoms with E-state index in [2.05, 4.69) is 5.32 Å². The van der Waals surface area contributed by atoms with E-state index in [0.717, 1.165) is 22.8 Å². The summed E-state index contributed by atoms with van der Waals surface area (Å²) in [5.41, 5.74) is 7.34. The predicted molar refractivity (Wildman–Crippen MR) is 79.6 cm³/mol. The summed E-state index contributed by atoms with van der Waals surface area (Å²) in [6.07, 6.45) is 1.65. The Balaban J connectivity index is 2.29. The van der Waals surface area contributed by atoms with Crippen molar-refractivity contribution in [2.24, 2.45) is 5.73 Å². The number of ether oxygens (including phenoxy) is 1. The average molecular weight is 276 g/mol. The van der Waals surface area contributed by atoms with E-state index in [9.17, 15) is 0 Å². The zero-order chi connectivity index (χ0) is 13.8. The van der Waals surface area contributed by atoms with E-state index in [-0.39, 0.29) is 6.04 Å². The van der Waals surface area contributed by atoms with E-state index in [0.29, 0.717) is 4.99 Å². The van der Waals surface area contributed by atoms with Crippen LogP contribution in [-0.4, -0.2) is 12.1 Å². The van der Waals surface area contributed by atoms with Gasteiger partial charge in [-0.15, -0.1) is 0 Å². The zero-order valence-corrected chi connectivity index (χ0v) is 11.7. The van der Waals surface area contributed by atoms with Gasteiger partial charge in [-0.2, -0.15) is 0 Å². The molecule has 4 nitrogen and oxygen atoms in total. The number of benzene rings is 1. The molecule has 0 bridgehead atoms. The van der Waals surface area contributed by atoms with Crippen LogP contribution in [0, 0.1) is 0 Å². The molecule has 1 aromatic heterocycles. The van der Waals surface area contributed by atoms with E-state index in [1.165, 1.54) is 0 Å². The Hall–Kier alpha value is -2.01. The third-order valence-corrected chi connectivity index (χ3v) is 3.05. The fourth-order valence-electron chi connectivity index (χ4n) is 1.83. The first-order valence-corrected chi connectivity index (χ1v) is 6.30. The summed E-state index contributed by atoms with van der Waals surface area (Å²) in [5, 5.41) is 3.33. The minimum absolute atomic E-state index is 0.00945. The second-order valence-electron chi connectivity index (χ2n) is 4.16. The van der Waals surface area contributed by atoms with E-state index in [1.807, 2.05) is 37.3 Å². The molecule has 1 aromatic carbocycles. The Bertz CT molecular complexity index is 567. The van der Waals surface area contributed by atoms with Crippen LogP contribution in [0.25, 0.3) is 0 Å². The molecule has 0 spiro atoms. The highest BCUT2D eigenvalue weighted by atomic mass is 32.1. The molecule has 3 N–H and O–H groups in total. The topological polar surface area (TPSA) is 60.4 Å². The fourth-order valence-corrected chi connectivity index (χ4v) is 2.00. The number of methoxy groups -OCH3 is 1. The summed E-state index contributed by atoms with van der Waals surface area (Å²) < 4.78 is 10.6. The molecule has 1 atom stereocenters.